The molecule has 1 amide bonds. The molecular weight excluding hydrogens is 410 g/mol. The van der Waals surface area contributed by atoms with Gasteiger partial charge in [-0.25, -0.2) is 4.98 Å². The standard InChI is InChI=1S/C28H27N3O2/c1-19-29-23-10-4-5-11-24(23)31(19)18-20-14-16-30(17-15-20)28(32)27-21-8-2-6-12-25(21)33-26-13-7-3-9-22(26)27/h2-13,20,27H,14-18H2,1H3. The summed E-state index contributed by atoms with van der Waals surface area (Å²) in [5.74, 6) is 3.05. The third-order valence-corrected chi connectivity index (χ3v) is 7.14. The van der Waals surface area contributed by atoms with Crippen LogP contribution in [-0.2, 0) is 11.3 Å². The van der Waals surface area contributed by atoms with Gasteiger partial charge in [-0.05, 0) is 49.9 Å². The maximum Gasteiger partial charge on any atom is 0.234 e. The molecule has 1 saturated heterocycles. The Labute approximate surface area is 193 Å². The zero-order valence-electron chi connectivity index (χ0n) is 18.8. The summed E-state index contributed by atoms with van der Waals surface area (Å²) in [6.45, 7) is 4.61. The van der Waals surface area contributed by atoms with Crippen molar-refractivity contribution < 1.29 is 9.53 Å². The smallest absolute Gasteiger partial charge is 0.234 e. The molecule has 33 heavy (non-hydrogen) atoms. The summed E-state index contributed by atoms with van der Waals surface area (Å²) in [4.78, 5) is 20.6. The Bertz CT molecular complexity index is 1290. The minimum Gasteiger partial charge on any atom is -0.457 e. The number of ether oxygens (including phenoxy) is 1. The van der Waals surface area contributed by atoms with E-state index in [4.69, 9.17) is 9.72 Å². The molecule has 166 valence electrons. The normalized spacial score (nSPS) is 16.3. The lowest BCUT2D eigenvalue weighted by Crippen LogP contribution is -2.42. The van der Waals surface area contributed by atoms with Crippen LogP contribution in [0.3, 0.4) is 0 Å². The molecule has 0 atom stereocenters. The van der Waals surface area contributed by atoms with E-state index in [1.807, 2.05) is 54.6 Å². The molecule has 0 bridgehead atoms. The predicted octanol–water partition coefficient (Wildman–Crippen LogP) is 5.52. The van der Waals surface area contributed by atoms with E-state index in [-0.39, 0.29) is 11.8 Å². The second kappa shape index (κ2) is 8.07. The largest absolute Gasteiger partial charge is 0.457 e. The van der Waals surface area contributed by atoms with E-state index in [9.17, 15) is 4.79 Å². The summed E-state index contributed by atoms with van der Waals surface area (Å²) in [7, 11) is 0. The Morgan fingerprint density at radius 3 is 2.21 bits per heavy atom. The van der Waals surface area contributed by atoms with Gasteiger partial charge in [0.05, 0.1) is 17.0 Å². The first-order chi connectivity index (χ1) is 16.2. The van der Waals surface area contributed by atoms with Gasteiger partial charge in [0.1, 0.15) is 17.3 Å². The Morgan fingerprint density at radius 2 is 1.52 bits per heavy atom. The number of piperidine rings is 1. The third-order valence-electron chi connectivity index (χ3n) is 7.14. The van der Waals surface area contributed by atoms with Gasteiger partial charge in [-0.2, -0.15) is 0 Å². The fourth-order valence-corrected chi connectivity index (χ4v) is 5.38. The second-order valence-electron chi connectivity index (χ2n) is 9.14. The molecule has 5 heteroatoms. The van der Waals surface area contributed by atoms with Gasteiger partial charge < -0.3 is 14.2 Å². The van der Waals surface area contributed by atoms with Crippen LogP contribution in [0.25, 0.3) is 11.0 Å². The highest BCUT2D eigenvalue weighted by atomic mass is 16.5. The minimum atomic E-state index is -0.303. The van der Waals surface area contributed by atoms with Gasteiger partial charge in [0, 0.05) is 30.8 Å². The molecule has 0 N–H and O–H groups in total. The summed E-state index contributed by atoms with van der Waals surface area (Å²) < 4.78 is 8.42. The minimum absolute atomic E-state index is 0.181. The van der Waals surface area contributed by atoms with Crippen molar-refractivity contribution in [2.75, 3.05) is 13.1 Å². The number of aryl methyl sites for hydroxylation is 1. The lowest BCUT2D eigenvalue weighted by Gasteiger charge is -2.36. The number of aromatic nitrogens is 2. The summed E-state index contributed by atoms with van der Waals surface area (Å²) in [5, 5.41) is 0. The van der Waals surface area contributed by atoms with Crippen LogP contribution >= 0.6 is 0 Å². The van der Waals surface area contributed by atoms with Crippen molar-refractivity contribution >= 4 is 16.9 Å². The first-order valence-corrected chi connectivity index (χ1v) is 11.8. The van der Waals surface area contributed by atoms with Crippen molar-refractivity contribution in [3.8, 4) is 11.5 Å². The highest BCUT2D eigenvalue weighted by Crippen LogP contribution is 2.45. The fourth-order valence-electron chi connectivity index (χ4n) is 5.38. The van der Waals surface area contributed by atoms with Crippen LogP contribution < -0.4 is 4.74 Å². The van der Waals surface area contributed by atoms with E-state index in [1.54, 1.807) is 0 Å². The number of imidazole rings is 1. The molecule has 2 aliphatic heterocycles. The number of benzene rings is 3. The highest BCUT2D eigenvalue weighted by molar-refractivity contribution is 5.89. The van der Waals surface area contributed by atoms with E-state index < -0.39 is 0 Å². The van der Waals surface area contributed by atoms with Crippen LogP contribution in [0, 0.1) is 12.8 Å². The molecular formula is C28H27N3O2. The first-order valence-electron chi connectivity index (χ1n) is 11.8. The van der Waals surface area contributed by atoms with E-state index in [0.717, 1.165) is 66.4 Å². The number of carbonyl (C=O) groups is 1. The number of fused-ring (bicyclic) bond motifs is 3. The Morgan fingerprint density at radius 1 is 0.909 bits per heavy atom. The molecule has 0 spiro atoms. The fraction of sp³-hybridized carbons (Fsp3) is 0.286. The van der Waals surface area contributed by atoms with Gasteiger partial charge in [0.25, 0.3) is 0 Å². The van der Waals surface area contributed by atoms with Crippen LogP contribution in [0.15, 0.2) is 72.8 Å². The Hall–Kier alpha value is -3.60. The van der Waals surface area contributed by atoms with Crippen molar-refractivity contribution in [3.63, 3.8) is 0 Å². The SMILES string of the molecule is Cc1nc2ccccc2n1CC1CCN(C(=O)C2c3ccccc3Oc3ccccc32)CC1. The number of hydrogen-bond acceptors (Lipinski definition) is 3. The molecule has 0 unspecified atom stereocenters. The van der Waals surface area contributed by atoms with Crippen molar-refractivity contribution in [3.05, 3.63) is 89.7 Å². The molecule has 3 aromatic carbocycles. The van der Waals surface area contributed by atoms with Crippen molar-refractivity contribution in [2.45, 2.75) is 32.2 Å². The van der Waals surface area contributed by atoms with E-state index >= 15 is 0 Å². The van der Waals surface area contributed by atoms with Crippen LogP contribution in [0.1, 0.15) is 35.7 Å². The highest BCUT2D eigenvalue weighted by Gasteiger charge is 2.36. The van der Waals surface area contributed by atoms with Gasteiger partial charge >= 0.3 is 0 Å². The van der Waals surface area contributed by atoms with E-state index in [2.05, 4.69) is 34.6 Å². The van der Waals surface area contributed by atoms with E-state index in [1.165, 1.54) is 5.52 Å². The molecule has 1 fully saturated rings. The molecule has 0 radical (unpaired) electrons. The van der Waals surface area contributed by atoms with Crippen molar-refractivity contribution in [2.24, 2.45) is 5.92 Å². The van der Waals surface area contributed by atoms with Crippen LogP contribution in [-0.4, -0.2) is 33.4 Å². The Kier molecular flexibility index (Phi) is 4.90. The van der Waals surface area contributed by atoms with E-state index in [0.29, 0.717) is 5.92 Å². The molecule has 0 aliphatic carbocycles. The van der Waals surface area contributed by atoms with Crippen molar-refractivity contribution in [1.82, 2.24) is 14.5 Å². The van der Waals surface area contributed by atoms with Gasteiger partial charge in [0.15, 0.2) is 0 Å². The summed E-state index contributed by atoms with van der Waals surface area (Å²) in [6.07, 6.45) is 2.01. The van der Waals surface area contributed by atoms with Crippen LogP contribution in [0.4, 0.5) is 0 Å². The maximum absolute atomic E-state index is 13.8. The summed E-state index contributed by atoms with van der Waals surface area (Å²) in [6, 6.07) is 24.2. The number of rotatable bonds is 3. The zero-order valence-corrected chi connectivity index (χ0v) is 18.8. The number of para-hydroxylation sites is 4. The quantitative estimate of drug-likeness (QED) is 0.424. The lowest BCUT2D eigenvalue weighted by molar-refractivity contribution is -0.133. The monoisotopic (exact) mass is 437 g/mol. The average molecular weight is 438 g/mol. The zero-order chi connectivity index (χ0) is 22.4. The molecule has 1 aromatic heterocycles. The number of carbonyl (C=O) groups excluding carboxylic acids is 1. The van der Waals surface area contributed by atoms with Crippen molar-refractivity contribution in [1.29, 1.82) is 0 Å². The summed E-state index contributed by atoms with van der Waals surface area (Å²) >= 11 is 0. The molecule has 0 saturated carbocycles. The second-order valence-corrected chi connectivity index (χ2v) is 9.14. The topological polar surface area (TPSA) is 47.4 Å². The van der Waals surface area contributed by atoms with Gasteiger partial charge in [0.2, 0.25) is 5.91 Å². The Balaban J connectivity index is 1.20. The third kappa shape index (κ3) is 3.48. The maximum atomic E-state index is 13.8. The van der Waals surface area contributed by atoms with Crippen LogP contribution in [0.5, 0.6) is 11.5 Å². The lowest BCUT2D eigenvalue weighted by atomic mass is 9.86. The van der Waals surface area contributed by atoms with Gasteiger partial charge in [-0.1, -0.05) is 48.5 Å². The first kappa shape index (κ1) is 20.0. The predicted molar refractivity (Wildman–Crippen MR) is 129 cm³/mol. The molecule has 2 aliphatic rings. The number of hydrogen-bond donors (Lipinski definition) is 0. The molecule has 6 rings (SSSR count). The average Bonchev–Trinajstić information content (AvgIpc) is 3.17. The molecule has 5 nitrogen and oxygen atoms in total. The number of nitrogens with zero attached hydrogens (tertiary/aromatic N) is 3. The van der Waals surface area contributed by atoms with Crippen LogP contribution in [0.2, 0.25) is 0 Å². The number of likely N-dealkylation sites (tertiary alicyclic amines) is 1. The summed E-state index contributed by atoms with van der Waals surface area (Å²) in [5.41, 5.74) is 4.18. The molecule has 4 aromatic rings. The van der Waals surface area contributed by atoms with Gasteiger partial charge in [-0.3, -0.25) is 4.79 Å². The number of amides is 1. The molecule has 3 heterocycles. The van der Waals surface area contributed by atoms with Gasteiger partial charge in [-0.15, -0.1) is 0 Å².